The first kappa shape index (κ1) is 22.0. The van der Waals surface area contributed by atoms with Crippen LogP contribution in [-0.4, -0.2) is 45.2 Å². The molecule has 2 aliphatic heterocycles. The van der Waals surface area contributed by atoms with Gasteiger partial charge in [0.15, 0.2) is 5.76 Å². The molecule has 6 nitrogen and oxygen atoms in total. The molecule has 0 aromatic heterocycles. The molecule has 3 aromatic carbocycles. The summed E-state index contributed by atoms with van der Waals surface area (Å²) in [7, 11) is 5.67. The number of fused-ring (bicyclic) bond motifs is 3. The number of ether oxygens (including phenoxy) is 3. The summed E-state index contributed by atoms with van der Waals surface area (Å²) in [6.07, 6.45) is 2.70. The van der Waals surface area contributed by atoms with Crippen LogP contribution in [0.3, 0.4) is 0 Å². The molecular formula is C28H28N2O4. The summed E-state index contributed by atoms with van der Waals surface area (Å²) in [6.45, 7) is 2.02. The van der Waals surface area contributed by atoms with Crippen LogP contribution in [0.5, 0.6) is 17.2 Å². The normalized spacial score (nSPS) is 16.0. The van der Waals surface area contributed by atoms with E-state index in [4.69, 9.17) is 14.2 Å². The van der Waals surface area contributed by atoms with E-state index in [9.17, 15) is 4.79 Å². The highest BCUT2D eigenvalue weighted by Gasteiger charge is 2.33. The second-order valence-corrected chi connectivity index (χ2v) is 8.77. The van der Waals surface area contributed by atoms with Crippen LogP contribution >= 0.6 is 0 Å². The van der Waals surface area contributed by atoms with E-state index in [1.165, 1.54) is 5.56 Å². The lowest BCUT2D eigenvalue weighted by Crippen LogP contribution is -2.33. The summed E-state index contributed by atoms with van der Waals surface area (Å²) in [4.78, 5) is 17.3. The van der Waals surface area contributed by atoms with E-state index in [0.717, 1.165) is 41.3 Å². The lowest BCUT2D eigenvalue weighted by atomic mass is 10.0. The number of Topliss-reactive ketones (excluding diaryl/α,β-unsaturated/α-hetero) is 1. The molecule has 0 atom stereocenters. The zero-order valence-corrected chi connectivity index (χ0v) is 19.7. The maximum Gasteiger partial charge on any atom is 0.231 e. The van der Waals surface area contributed by atoms with Crippen molar-refractivity contribution in [3.05, 3.63) is 88.7 Å². The van der Waals surface area contributed by atoms with Crippen LogP contribution in [0.4, 0.5) is 5.69 Å². The number of hydrogen-bond acceptors (Lipinski definition) is 6. The number of carbonyl (C=O) groups excluding carboxylic acids is 1. The van der Waals surface area contributed by atoms with Gasteiger partial charge in [-0.05, 0) is 60.0 Å². The van der Waals surface area contributed by atoms with Gasteiger partial charge in [0.2, 0.25) is 5.78 Å². The molecule has 5 rings (SSSR count). The third-order valence-corrected chi connectivity index (χ3v) is 6.27. The highest BCUT2D eigenvalue weighted by Crippen LogP contribution is 2.42. The summed E-state index contributed by atoms with van der Waals surface area (Å²) in [6, 6.07) is 19.8. The van der Waals surface area contributed by atoms with Crippen molar-refractivity contribution in [3.8, 4) is 17.2 Å². The molecule has 0 fully saturated rings. The molecule has 0 aliphatic carbocycles. The van der Waals surface area contributed by atoms with Gasteiger partial charge in [0.1, 0.15) is 24.0 Å². The zero-order valence-electron chi connectivity index (χ0n) is 19.7. The van der Waals surface area contributed by atoms with Crippen LogP contribution in [0.15, 0.2) is 66.4 Å². The quantitative estimate of drug-likeness (QED) is 0.498. The van der Waals surface area contributed by atoms with Gasteiger partial charge in [0.05, 0.1) is 18.2 Å². The van der Waals surface area contributed by atoms with Gasteiger partial charge in [-0.1, -0.05) is 24.3 Å². The van der Waals surface area contributed by atoms with E-state index in [-0.39, 0.29) is 5.78 Å². The number of allylic oxidation sites excluding steroid dienone is 1. The fourth-order valence-electron chi connectivity index (χ4n) is 4.25. The average molecular weight is 457 g/mol. The van der Waals surface area contributed by atoms with Crippen molar-refractivity contribution in [2.75, 3.05) is 39.4 Å². The number of anilines is 1. The Morgan fingerprint density at radius 1 is 1.03 bits per heavy atom. The number of nitrogens with zero attached hydrogens (tertiary/aromatic N) is 2. The maximum atomic E-state index is 13.0. The van der Waals surface area contributed by atoms with Crippen molar-refractivity contribution in [2.45, 2.75) is 13.0 Å². The number of hydrogen-bond donors (Lipinski definition) is 0. The smallest absolute Gasteiger partial charge is 0.231 e. The number of methoxy groups -OCH3 is 1. The van der Waals surface area contributed by atoms with E-state index in [1.807, 2.05) is 61.5 Å². The van der Waals surface area contributed by atoms with Gasteiger partial charge in [0.25, 0.3) is 0 Å². The van der Waals surface area contributed by atoms with Gasteiger partial charge < -0.3 is 19.1 Å². The third-order valence-electron chi connectivity index (χ3n) is 6.27. The largest absolute Gasteiger partial charge is 0.497 e. The molecule has 2 heterocycles. The minimum atomic E-state index is -0.0927. The van der Waals surface area contributed by atoms with Crippen molar-refractivity contribution in [1.82, 2.24) is 4.90 Å². The van der Waals surface area contributed by atoms with Crippen LogP contribution in [0.25, 0.3) is 6.08 Å². The molecule has 3 aromatic rings. The standard InChI is InChI=1S/C28H28N2O4/c1-29(2)21-8-4-20(5-9-21)16-26-27(31)23-12-13-25-24(28(23)34-26)17-30(18-33-25)15-14-19-6-10-22(32-3)11-7-19/h4-13,16H,14-15,17-18H2,1-3H3/b26-16-. The van der Waals surface area contributed by atoms with E-state index < -0.39 is 0 Å². The maximum absolute atomic E-state index is 13.0. The molecule has 0 radical (unpaired) electrons. The van der Waals surface area contributed by atoms with Crippen LogP contribution in [0.1, 0.15) is 27.0 Å². The highest BCUT2D eigenvalue weighted by molar-refractivity contribution is 6.15. The second-order valence-electron chi connectivity index (χ2n) is 8.77. The first-order chi connectivity index (χ1) is 16.5. The summed E-state index contributed by atoms with van der Waals surface area (Å²) in [5.74, 6) is 2.51. The Hall–Kier alpha value is -3.77. The fourth-order valence-corrected chi connectivity index (χ4v) is 4.25. The predicted molar refractivity (Wildman–Crippen MR) is 133 cm³/mol. The summed E-state index contributed by atoms with van der Waals surface area (Å²) < 4.78 is 17.4. The number of benzene rings is 3. The van der Waals surface area contributed by atoms with E-state index in [2.05, 4.69) is 17.0 Å². The SMILES string of the molecule is COc1ccc(CCN2COc3ccc4c(c3C2)O/C(=C\c2ccc(N(C)C)cc2)C4=O)cc1. The molecule has 6 heteroatoms. The van der Waals surface area contributed by atoms with Gasteiger partial charge in [-0.25, -0.2) is 0 Å². The second kappa shape index (κ2) is 9.23. The Kier molecular flexibility index (Phi) is 5.99. The Morgan fingerprint density at radius 2 is 1.79 bits per heavy atom. The lowest BCUT2D eigenvalue weighted by Gasteiger charge is -2.29. The average Bonchev–Trinajstić information content (AvgIpc) is 3.18. The molecule has 0 amide bonds. The minimum absolute atomic E-state index is 0.0927. The molecule has 0 unspecified atom stereocenters. The number of rotatable bonds is 6. The van der Waals surface area contributed by atoms with Crippen molar-refractivity contribution in [2.24, 2.45) is 0 Å². The van der Waals surface area contributed by atoms with E-state index in [0.29, 0.717) is 30.3 Å². The zero-order chi connectivity index (χ0) is 23.7. The number of carbonyl (C=O) groups is 1. The molecule has 0 saturated heterocycles. The van der Waals surface area contributed by atoms with Gasteiger partial charge in [0, 0.05) is 32.9 Å². The molecule has 0 spiro atoms. The fraction of sp³-hybridized carbons (Fsp3) is 0.250. The highest BCUT2D eigenvalue weighted by atomic mass is 16.5. The van der Waals surface area contributed by atoms with Gasteiger partial charge >= 0.3 is 0 Å². The van der Waals surface area contributed by atoms with Gasteiger partial charge in [-0.3, -0.25) is 9.69 Å². The Bertz CT molecular complexity index is 1230. The predicted octanol–water partition coefficient (Wildman–Crippen LogP) is 4.77. The van der Waals surface area contributed by atoms with E-state index in [1.54, 1.807) is 19.3 Å². The van der Waals surface area contributed by atoms with Crippen LogP contribution in [0, 0.1) is 0 Å². The van der Waals surface area contributed by atoms with Crippen LogP contribution in [0.2, 0.25) is 0 Å². The molecule has 0 bridgehead atoms. The molecule has 2 aliphatic rings. The summed E-state index contributed by atoms with van der Waals surface area (Å²) in [5, 5.41) is 0. The van der Waals surface area contributed by atoms with Crippen molar-refractivity contribution >= 4 is 17.5 Å². The Balaban J connectivity index is 1.31. The first-order valence-electron chi connectivity index (χ1n) is 11.4. The summed E-state index contributed by atoms with van der Waals surface area (Å²) in [5.41, 5.74) is 4.79. The van der Waals surface area contributed by atoms with E-state index >= 15 is 0 Å². The monoisotopic (exact) mass is 456 g/mol. The molecule has 0 N–H and O–H groups in total. The Labute approximate surface area is 200 Å². The Morgan fingerprint density at radius 3 is 2.50 bits per heavy atom. The van der Waals surface area contributed by atoms with Crippen LogP contribution in [-0.2, 0) is 13.0 Å². The topological polar surface area (TPSA) is 51.2 Å². The van der Waals surface area contributed by atoms with Crippen LogP contribution < -0.4 is 19.1 Å². The first-order valence-corrected chi connectivity index (χ1v) is 11.4. The minimum Gasteiger partial charge on any atom is -0.497 e. The number of ketones is 1. The van der Waals surface area contributed by atoms with Crippen molar-refractivity contribution in [1.29, 1.82) is 0 Å². The molecular weight excluding hydrogens is 428 g/mol. The molecule has 0 saturated carbocycles. The lowest BCUT2D eigenvalue weighted by molar-refractivity contribution is 0.0949. The molecule has 34 heavy (non-hydrogen) atoms. The summed E-state index contributed by atoms with van der Waals surface area (Å²) >= 11 is 0. The van der Waals surface area contributed by atoms with Crippen molar-refractivity contribution in [3.63, 3.8) is 0 Å². The van der Waals surface area contributed by atoms with Crippen molar-refractivity contribution < 1.29 is 19.0 Å². The molecule has 174 valence electrons. The van der Waals surface area contributed by atoms with Gasteiger partial charge in [-0.15, -0.1) is 0 Å². The van der Waals surface area contributed by atoms with Gasteiger partial charge in [-0.2, -0.15) is 0 Å². The third kappa shape index (κ3) is 4.37.